The molecule has 0 aliphatic rings. The number of methoxy groups -OCH3 is 1. The summed E-state index contributed by atoms with van der Waals surface area (Å²) in [4.78, 5) is 24.2. The van der Waals surface area contributed by atoms with Gasteiger partial charge in [-0.3, -0.25) is 9.59 Å². The molecule has 0 saturated heterocycles. The lowest BCUT2D eigenvalue weighted by Gasteiger charge is -2.17. The Labute approximate surface area is 170 Å². The molecule has 2 rings (SSSR count). The molecule has 1 atom stereocenters. The molecule has 1 unspecified atom stereocenters. The number of furan rings is 1. The molecule has 8 nitrogen and oxygen atoms in total. The molecule has 0 aliphatic carbocycles. The van der Waals surface area contributed by atoms with Gasteiger partial charge in [0.05, 0.1) is 32.0 Å². The minimum absolute atomic E-state index is 0.0662. The Balaban J connectivity index is 2.02. The van der Waals surface area contributed by atoms with Crippen molar-refractivity contribution in [3.8, 4) is 6.07 Å². The van der Waals surface area contributed by atoms with Crippen molar-refractivity contribution < 1.29 is 18.7 Å². The summed E-state index contributed by atoms with van der Waals surface area (Å²) >= 11 is 0. The molecule has 154 valence electrons. The fraction of sp³-hybridized carbons (Fsp3) is 0.381. The monoisotopic (exact) mass is 398 g/mol. The first-order valence-electron chi connectivity index (χ1n) is 9.23. The van der Waals surface area contributed by atoms with Crippen LogP contribution in [0.2, 0.25) is 0 Å². The molecular weight excluding hydrogens is 372 g/mol. The Morgan fingerprint density at radius 2 is 2.14 bits per heavy atom. The molecule has 2 aromatic rings. The van der Waals surface area contributed by atoms with Crippen molar-refractivity contribution in [1.82, 2.24) is 15.2 Å². The zero-order valence-corrected chi connectivity index (χ0v) is 17.1. The number of carbonyl (C=O) groups excluding carboxylic acids is 2. The second-order valence-corrected chi connectivity index (χ2v) is 6.71. The van der Waals surface area contributed by atoms with E-state index in [-0.39, 0.29) is 30.6 Å². The van der Waals surface area contributed by atoms with Gasteiger partial charge in [0.15, 0.2) is 0 Å². The summed E-state index contributed by atoms with van der Waals surface area (Å²) in [5.41, 5.74) is 2.65. The molecule has 2 aromatic heterocycles. The highest BCUT2D eigenvalue weighted by atomic mass is 16.5. The Hall–Kier alpha value is -3.31. The van der Waals surface area contributed by atoms with Crippen molar-refractivity contribution in [3.63, 3.8) is 0 Å². The largest absolute Gasteiger partial charge is 0.467 e. The second-order valence-electron chi connectivity index (χ2n) is 6.71. The van der Waals surface area contributed by atoms with Crippen LogP contribution in [-0.2, 0) is 20.9 Å². The van der Waals surface area contributed by atoms with Crippen LogP contribution in [-0.4, -0.2) is 36.6 Å². The predicted octanol–water partition coefficient (Wildman–Crippen LogP) is 2.24. The lowest BCUT2D eigenvalue weighted by molar-refractivity contribution is -0.124. The van der Waals surface area contributed by atoms with E-state index in [1.54, 1.807) is 19.2 Å². The maximum atomic E-state index is 12.3. The first kappa shape index (κ1) is 22.0. The molecular formula is C21H26N4O4. The van der Waals surface area contributed by atoms with Crippen LogP contribution in [0.25, 0.3) is 6.08 Å². The highest BCUT2D eigenvalue weighted by Crippen LogP contribution is 2.22. The van der Waals surface area contributed by atoms with E-state index in [0.29, 0.717) is 12.4 Å². The van der Waals surface area contributed by atoms with E-state index in [1.807, 2.05) is 32.9 Å². The average molecular weight is 398 g/mol. The number of rotatable bonds is 9. The van der Waals surface area contributed by atoms with Gasteiger partial charge in [-0.2, -0.15) is 5.26 Å². The van der Waals surface area contributed by atoms with Gasteiger partial charge in [-0.15, -0.1) is 0 Å². The Morgan fingerprint density at radius 3 is 2.76 bits per heavy atom. The normalized spacial score (nSPS) is 12.3. The van der Waals surface area contributed by atoms with Crippen molar-refractivity contribution in [2.75, 3.05) is 20.3 Å². The van der Waals surface area contributed by atoms with Crippen LogP contribution < -0.4 is 10.6 Å². The summed E-state index contributed by atoms with van der Waals surface area (Å²) in [6.07, 6.45) is 3.05. The number of nitrogens with one attached hydrogen (secondary N) is 2. The van der Waals surface area contributed by atoms with Crippen LogP contribution in [0.1, 0.15) is 35.7 Å². The van der Waals surface area contributed by atoms with Crippen molar-refractivity contribution >= 4 is 17.9 Å². The van der Waals surface area contributed by atoms with Crippen LogP contribution in [0, 0.1) is 25.2 Å². The molecule has 2 amide bonds. The lowest BCUT2D eigenvalue weighted by Crippen LogP contribution is -2.37. The maximum absolute atomic E-state index is 12.3. The SMILES string of the molecule is COCC(C)n1c(C)cc(/C=C(/C#N)C(=O)NCC(=O)NCc2ccco2)c1C. The first-order chi connectivity index (χ1) is 13.9. The molecule has 0 aromatic carbocycles. The lowest BCUT2D eigenvalue weighted by atomic mass is 10.1. The van der Waals surface area contributed by atoms with Gasteiger partial charge in [0.1, 0.15) is 17.4 Å². The van der Waals surface area contributed by atoms with E-state index < -0.39 is 5.91 Å². The van der Waals surface area contributed by atoms with E-state index in [2.05, 4.69) is 15.2 Å². The zero-order chi connectivity index (χ0) is 21.4. The van der Waals surface area contributed by atoms with Gasteiger partial charge in [-0.25, -0.2) is 0 Å². The summed E-state index contributed by atoms with van der Waals surface area (Å²) in [5, 5.41) is 14.5. The molecule has 29 heavy (non-hydrogen) atoms. The number of nitriles is 1. The number of hydrogen-bond acceptors (Lipinski definition) is 5. The molecule has 2 heterocycles. The van der Waals surface area contributed by atoms with E-state index in [1.165, 1.54) is 12.3 Å². The Morgan fingerprint density at radius 1 is 1.38 bits per heavy atom. The third kappa shape index (κ3) is 5.83. The van der Waals surface area contributed by atoms with Gasteiger partial charge >= 0.3 is 0 Å². The van der Waals surface area contributed by atoms with Crippen LogP contribution in [0.15, 0.2) is 34.5 Å². The quantitative estimate of drug-likeness (QED) is 0.497. The van der Waals surface area contributed by atoms with E-state index in [9.17, 15) is 14.9 Å². The van der Waals surface area contributed by atoms with E-state index in [0.717, 1.165) is 17.0 Å². The van der Waals surface area contributed by atoms with Crippen LogP contribution >= 0.6 is 0 Å². The van der Waals surface area contributed by atoms with Gasteiger partial charge in [0.2, 0.25) is 5.91 Å². The first-order valence-corrected chi connectivity index (χ1v) is 9.23. The number of aryl methyl sites for hydroxylation is 1. The molecule has 0 spiro atoms. The summed E-state index contributed by atoms with van der Waals surface area (Å²) in [5.74, 6) is -0.366. The number of amides is 2. The Bertz CT molecular complexity index is 919. The standard InChI is InChI=1S/C21H26N4O4/c1-14-8-17(16(3)25(14)15(2)13-28-4)9-18(10-22)21(27)24-12-20(26)23-11-19-6-5-7-29-19/h5-9,15H,11-13H2,1-4H3,(H,23,26)(H,24,27)/b18-9-. The van der Waals surface area contributed by atoms with Crippen molar-refractivity contribution in [3.05, 3.63) is 52.7 Å². The van der Waals surface area contributed by atoms with Gasteiger partial charge < -0.3 is 24.4 Å². The van der Waals surface area contributed by atoms with Crippen molar-refractivity contribution in [1.29, 1.82) is 5.26 Å². The fourth-order valence-corrected chi connectivity index (χ4v) is 3.16. The molecule has 0 radical (unpaired) electrons. The summed E-state index contributed by atoms with van der Waals surface area (Å²) in [6, 6.07) is 7.41. The smallest absolute Gasteiger partial charge is 0.262 e. The highest BCUT2D eigenvalue weighted by Gasteiger charge is 2.16. The number of ether oxygens (including phenoxy) is 1. The highest BCUT2D eigenvalue weighted by molar-refractivity contribution is 6.03. The predicted molar refractivity (Wildman–Crippen MR) is 108 cm³/mol. The van der Waals surface area contributed by atoms with Crippen LogP contribution in [0.5, 0.6) is 0 Å². The molecule has 8 heteroatoms. The minimum Gasteiger partial charge on any atom is -0.467 e. The molecule has 0 fully saturated rings. The summed E-state index contributed by atoms with van der Waals surface area (Å²) in [7, 11) is 1.65. The zero-order valence-electron chi connectivity index (χ0n) is 17.1. The minimum atomic E-state index is -0.601. The van der Waals surface area contributed by atoms with E-state index >= 15 is 0 Å². The van der Waals surface area contributed by atoms with Crippen LogP contribution in [0.3, 0.4) is 0 Å². The molecule has 0 aliphatic heterocycles. The Kier molecular flexibility index (Phi) is 7.80. The van der Waals surface area contributed by atoms with Crippen molar-refractivity contribution in [2.24, 2.45) is 0 Å². The van der Waals surface area contributed by atoms with Gasteiger partial charge in [0.25, 0.3) is 5.91 Å². The third-order valence-corrected chi connectivity index (χ3v) is 4.49. The van der Waals surface area contributed by atoms with Crippen molar-refractivity contribution in [2.45, 2.75) is 33.4 Å². The third-order valence-electron chi connectivity index (χ3n) is 4.49. The fourth-order valence-electron chi connectivity index (χ4n) is 3.16. The van der Waals surface area contributed by atoms with Crippen LogP contribution in [0.4, 0.5) is 0 Å². The van der Waals surface area contributed by atoms with Gasteiger partial charge in [-0.05, 0) is 50.6 Å². The maximum Gasteiger partial charge on any atom is 0.262 e. The summed E-state index contributed by atoms with van der Waals surface area (Å²) < 4.78 is 12.4. The number of nitrogens with zero attached hydrogens (tertiary/aromatic N) is 2. The van der Waals surface area contributed by atoms with Gasteiger partial charge in [-0.1, -0.05) is 0 Å². The summed E-state index contributed by atoms with van der Waals surface area (Å²) in [6.45, 7) is 6.48. The number of aromatic nitrogens is 1. The molecule has 2 N–H and O–H groups in total. The number of hydrogen-bond donors (Lipinski definition) is 2. The second kappa shape index (κ2) is 10.3. The van der Waals surface area contributed by atoms with E-state index in [4.69, 9.17) is 9.15 Å². The average Bonchev–Trinajstić information content (AvgIpc) is 3.30. The number of carbonyl (C=O) groups is 2. The van der Waals surface area contributed by atoms with Gasteiger partial charge in [0, 0.05) is 18.5 Å². The molecule has 0 saturated carbocycles. The topological polar surface area (TPSA) is 109 Å². The molecule has 0 bridgehead atoms.